The van der Waals surface area contributed by atoms with E-state index in [0.29, 0.717) is 16.9 Å². The quantitative estimate of drug-likeness (QED) is 0.428. The number of fused-ring (bicyclic) bond motifs is 1. The number of hydrogen-bond acceptors (Lipinski definition) is 5. The molecule has 2 heterocycles. The molecule has 28 heavy (non-hydrogen) atoms. The number of rotatable bonds is 4. The summed E-state index contributed by atoms with van der Waals surface area (Å²) in [6.07, 6.45) is 3.19. The van der Waals surface area contributed by atoms with Crippen LogP contribution >= 0.6 is 0 Å². The molecular formula is C18H17FN4O5. The second-order valence-corrected chi connectivity index (χ2v) is 5.68. The Morgan fingerprint density at radius 3 is 2.29 bits per heavy atom. The second kappa shape index (κ2) is 8.62. The molecule has 1 amide bonds. The number of benzene rings is 1. The van der Waals surface area contributed by atoms with E-state index in [9.17, 15) is 9.18 Å². The fraction of sp³-hybridized carbons (Fsp3) is 0.111. The largest absolute Gasteiger partial charge is 0.473 e. The van der Waals surface area contributed by atoms with Gasteiger partial charge in [-0.15, -0.1) is 0 Å². The SMILES string of the molecule is CC(Nc1c(C(N)=O)cnc2[nH]ccc12)c1ccc(F)cc1.O=C(O)C(=O)O. The van der Waals surface area contributed by atoms with Gasteiger partial charge in [-0.2, -0.15) is 0 Å². The van der Waals surface area contributed by atoms with Gasteiger partial charge in [0.2, 0.25) is 0 Å². The van der Waals surface area contributed by atoms with E-state index >= 15 is 0 Å². The van der Waals surface area contributed by atoms with Crippen LogP contribution in [0.2, 0.25) is 0 Å². The minimum atomic E-state index is -1.82. The normalized spacial score (nSPS) is 11.2. The lowest BCUT2D eigenvalue weighted by Gasteiger charge is -2.18. The zero-order valence-corrected chi connectivity index (χ0v) is 14.6. The molecule has 3 aromatic rings. The number of H-pyrrole nitrogens is 1. The van der Waals surface area contributed by atoms with Gasteiger partial charge in [-0.1, -0.05) is 12.1 Å². The lowest BCUT2D eigenvalue weighted by molar-refractivity contribution is -0.159. The van der Waals surface area contributed by atoms with Crippen LogP contribution in [-0.2, 0) is 9.59 Å². The van der Waals surface area contributed by atoms with Crippen molar-refractivity contribution in [3.05, 3.63) is 59.7 Å². The summed E-state index contributed by atoms with van der Waals surface area (Å²) < 4.78 is 13.0. The highest BCUT2D eigenvalue weighted by Gasteiger charge is 2.16. The number of carboxylic acid groups (broad SMARTS) is 2. The number of nitrogens with two attached hydrogens (primary N) is 1. The number of hydrogen-bond donors (Lipinski definition) is 5. The predicted octanol–water partition coefficient (Wildman–Crippen LogP) is 2.13. The monoisotopic (exact) mass is 388 g/mol. The van der Waals surface area contributed by atoms with Crippen molar-refractivity contribution in [2.24, 2.45) is 5.73 Å². The second-order valence-electron chi connectivity index (χ2n) is 5.68. The Hall–Kier alpha value is -3.95. The number of carboxylic acids is 2. The molecule has 0 aliphatic carbocycles. The summed E-state index contributed by atoms with van der Waals surface area (Å²) in [5.41, 5.74) is 7.94. The predicted molar refractivity (Wildman–Crippen MR) is 98.3 cm³/mol. The topological polar surface area (TPSA) is 158 Å². The number of nitrogens with one attached hydrogen (secondary N) is 2. The molecule has 0 spiro atoms. The summed E-state index contributed by atoms with van der Waals surface area (Å²) in [4.78, 5) is 37.0. The van der Waals surface area contributed by atoms with E-state index in [-0.39, 0.29) is 11.9 Å². The number of pyridine rings is 1. The first-order chi connectivity index (χ1) is 13.2. The molecule has 146 valence electrons. The first-order valence-electron chi connectivity index (χ1n) is 7.94. The molecule has 1 atom stereocenters. The Bertz CT molecular complexity index is 1000. The number of halogens is 1. The Balaban J connectivity index is 0.000000409. The first-order valence-corrected chi connectivity index (χ1v) is 7.94. The summed E-state index contributed by atoms with van der Waals surface area (Å²) in [5.74, 6) is -4.49. The van der Waals surface area contributed by atoms with Gasteiger partial charge in [0.25, 0.3) is 5.91 Å². The van der Waals surface area contributed by atoms with E-state index in [0.717, 1.165) is 10.9 Å². The van der Waals surface area contributed by atoms with Gasteiger partial charge >= 0.3 is 11.9 Å². The van der Waals surface area contributed by atoms with Crippen molar-refractivity contribution in [2.75, 3.05) is 5.32 Å². The van der Waals surface area contributed by atoms with Crippen molar-refractivity contribution >= 4 is 34.6 Å². The van der Waals surface area contributed by atoms with E-state index in [2.05, 4.69) is 15.3 Å². The number of aliphatic carboxylic acids is 2. The van der Waals surface area contributed by atoms with Gasteiger partial charge in [0, 0.05) is 23.8 Å². The molecule has 0 radical (unpaired) electrons. The Morgan fingerprint density at radius 2 is 1.75 bits per heavy atom. The third-order valence-corrected chi connectivity index (χ3v) is 3.77. The number of amides is 1. The van der Waals surface area contributed by atoms with Gasteiger partial charge in [0.05, 0.1) is 11.3 Å². The summed E-state index contributed by atoms with van der Waals surface area (Å²) in [5, 5.41) is 18.8. The van der Waals surface area contributed by atoms with Crippen LogP contribution in [-0.4, -0.2) is 38.0 Å². The molecule has 0 aliphatic heterocycles. The van der Waals surface area contributed by atoms with Gasteiger partial charge in [0.15, 0.2) is 0 Å². The van der Waals surface area contributed by atoms with Gasteiger partial charge in [-0.05, 0) is 30.7 Å². The maximum absolute atomic E-state index is 13.0. The molecular weight excluding hydrogens is 371 g/mol. The zero-order valence-electron chi connectivity index (χ0n) is 14.6. The highest BCUT2D eigenvalue weighted by Crippen LogP contribution is 2.29. The van der Waals surface area contributed by atoms with E-state index < -0.39 is 17.8 Å². The Labute approximate surface area is 158 Å². The van der Waals surface area contributed by atoms with Gasteiger partial charge in [-0.3, -0.25) is 4.79 Å². The number of anilines is 1. The lowest BCUT2D eigenvalue weighted by Crippen LogP contribution is -2.16. The maximum Gasteiger partial charge on any atom is 0.414 e. The molecule has 1 unspecified atom stereocenters. The molecule has 0 bridgehead atoms. The lowest BCUT2D eigenvalue weighted by atomic mass is 10.1. The van der Waals surface area contributed by atoms with E-state index in [1.54, 1.807) is 18.3 Å². The van der Waals surface area contributed by atoms with Crippen molar-refractivity contribution < 1.29 is 29.0 Å². The minimum absolute atomic E-state index is 0.126. The van der Waals surface area contributed by atoms with Crippen LogP contribution in [0.5, 0.6) is 0 Å². The highest BCUT2D eigenvalue weighted by atomic mass is 19.1. The minimum Gasteiger partial charge on any atom is -0.473 e. The molecule has 10 heteroatoms. The van der Waals surface area contributed by atoms with Crippen molar-refractivity contribution in [3.8, 4) is 0 Å². The van der Waals surface area contributed by atoms with Crippen LogP contribution in [0.4, 0.5) is 10.1 Å². The molecule has 0 saturated carbocycles. The number of aromatic amines is 1. The molecule has 9 nitrogen and oxygen atoms in total. The fourth-order valence-corrected chi connectivity index (χ4v) is 2.40. The van der Waals surface area contributed by atoms with Gasteiger partial charge in [0.1, 0.15) is 11.5 Å². The summed E-state index contributed by atoms with van der Waals surface area (Å²) in [6, 6.07) is 7.91. The molecule has 0 fully saturated rings. The molecule has 0 aliphatic rings. The third-order valence-electron chi connectivity index (χ3n) is 3.77. The number of primary amides is 1. The summed E-state index contributed by atoms with van der Waals surface area (Å²) in [7, 11) is 0. The van der Waals surface area contributed by atoms with Crippen LogP contribution in [0.25, 0.3) is 11.0 Å². The van der Waals surface area contributed by atoms with Crippen LogP contribution in [0, 0.1) is 5.82 Å². The Morgan fingerprint density at radius 1 is 1.14 bits per heavy atom. The van der Waals surface area contributed by atoms with Crippen LogP contribution < -0.4 is 11.1 Å². The first kappa shape index (κ1) is 20.4. The summed E-state index contributed by atoms with van der Waals surface area (Å²) >= 11 is 0. The number of carbonyl (C=O) groups is 3. The fourth-order valence-electron chi connectivity index (χ4n) is 2.40. The van der Waals surface area contributed by atoms with E-state index in [1.807, 2.05) is 13.0 Å². The number of aromatic nitrogens is 2. The molecule has 3 rings (SSSR count). The standard InChI is InChI=1S/C16H15FN4O.C2H2O4/c1-9(10-2-4-11(17)5-3-10)21-14-12-6-7-19-16(12)20-8-13(14)15(18)22;3-1(4)2(5)6/h2-9H,1H3,(H2,18,22)(H2,19,20,21);(H,3,4)(H,5,6). The molecule has 6 N–H and O–H groups in total. The zero-order chi connectivity index (χ0) is 20.8. The van der Waals surface area contributed by atoms with E-state index in [1.165, 1.54) is 18.3 Å². The van der Waals surface area contributed by atoms with Crippen LogP contribution in [0.15, 0.2) is 42.7 Å². The highest BCUT2D eigenvalue weighted by molar-refractivity contribution is 6.27. The van der Waals surface area contributed by atoms with Gasteiger partial charge in [-0.25, -0.2) is 19.0 Å². The average molecular weight is 388 g/mol. The van der Waals surface area contributed by atoms with Crippen LogP contribution in [0.1, 0.15) is 28.9 Å². The average Bonchev–Trinajstić information content (AvgIpc) is 3.11. The van der Waals surface area contributed by atoms with Crippen LogP contribution in [0.3, 0.4) is 0 Å². The number of nitrogens with zero attached hydrogens (tertiary/aromatic N) is 1. The van der Waals surface area contributed by atoms with Crippen molar-refractivity contribution in [3.63, 3.8) is 0 Å². The van der Waals surface area contributed by atoms with Crippen molar-refractivity contribution in [2.45, 2.75) is 13.0 Å². The third kappa shape index (κ3) is 4.81. The Kier molecular flexibility index (Phi) is 6.27. The maximum atomic E-state index is 13.0. The van der Waals surface area contributed by atoms with Crippen molar-refractivity contribution in [1.29, 1.82) is 0 Å². The molecule has 0 saturated heterocycles. The van der Waals surface area contributed by atoms with Crippen molar-refractivity contribution in [1.82, 2.24) is 9.97 Å². The number of carbonyl (C=O) groups excluding carboxylic acids is 1. The smallest absolute Gasteiger partial charge is 0.414 e. The summed E-state index contributed by atoms with van der Waals surface area (Å²) in [6.45, 7) is 1.93. The molecule has 2 aromatic heterocycles. The van der Waals surface area contributed by atoms with E-state index in [4.69, 9.17) is 25.5 Å². The molecule has 1 aromatic carbocycles. The van der Waals surface area contributed by atoms with Gasteiger partial charge < -0.3 is 26.2 Å².